The van der Waals surface area contributed by atoms with E-state index in [9.17, 15) is 31.1 Å². The molecule has 4 nitrogen and oxygen atoms in total. The van der Waals surface area contributed by atoms with E-state index in [-0.39, 0.29) is 4.68 Å². The molecule has 0 aliphatic carbocycles. The SMILES string of the molecule is C/C(=C\CC(=O)O)c1c(C(F)(F)F)nn(C)c1C(F)(F)F. The van der Waals surface area contributed by atoms with Gasteiger partial charge in [0.2, 0.25) is 0 Å². The summed E-state index contributed by atoms with van der Waals surface area (Å²) in [5, 5.41) is 11.3. The van der Waals surface area contributed by atoms with E-state index in [0.29, 0.717) is 0 Å². The summed E-state index contributed by atoms with van der Waals surface area (Å²) in [5.41, 5.74) is -4.88. The molecule has 0 saturated carbocycles. The maximum atomic E-state index is 12.9. The third kappa shape index (κ3) is 3.76. The van der Waals surface area contributed by atoms with Crippen molar-refractivity contribution in [1.29, 1.82) is 0 Å². The molecule has 1 heterocycles. The van der Waals surface area contributed by atoms with Crippen molar-refractivity contribution in [3.05, 3.63) is 23.0 Å². The summed E-state index contributed by atoms with van der Waals surface area (Å²) in [5.74, 6) is -1.37. The van der Waals surface area contributed by atoms with E-state index in [1.807, 2.05) is 0 Å². The number of nitrogens with zero attached hydrogens (tertiary/aromatic N) is 2. The molecule has 0 radical (unpaired) electrons. The Morgan fingerprint density at radius 2 is 1.76 bits per heavy atom. The third-order valence-corrected chi connectivity index (χ3v) is 2.56. The standard InChI is InChI=1S/C11H10F6N2O2/c1-5(3-4-6(20)21)7-8(10(12,13)14)18-19(2)9(7)11(15,16)17/h3H,4H2,1-2H3,(H,20,21)/b5-3+. The van der Waals surface area contributed by atoms with Crippen molar-refractivity contribution in [3.8, 4) is 0 Å². The van der Waals surface area contributed by atoms with Gasteiger partial charge < -0.3 is 5.11 Å². The van der Waals surface area contributed by atoms with E-state index < -0.39 is 47.3 Å². The number of carboxylic acids is 1. The average Bonchev–Trinajstić information content (AvgIpc) is 2.62. The third-order valence-electron chi connectivity index (χ3n) is 2.56. The predicted molar refractivity (Wildman–Crippen MR) is 59.1 cm³/mol. The fourth-order valence-electron chi connectivity index (χ4n) is 1.76. The molecule has 21 heavy (non-hydrogen) atoms. The lowest BCUT2D eigenvalue weighted by Crippen LogP contribution is -2.14. The average molecular weight is 316 g/mol. The van der Waals surface area contributed by atoms with Crippen LogP contribution in [0.3, 0.4) is 0 Å². The molecule has 0 aromatic carbocycles. The molecule has 10 heteroatoms. The molecule has 0 unspecified atom stereocenters. The second-order valence-corrected chi connectivity index (χ2v) is 4.18. The molecule has 0 aliphatic heterocycles. The molecule has 0 saturated heterocycles. The first-order chi connectivity index (χ1) is 9.35. The Kier molecular flexibility index (Phi) is 4.40. The van der Waals surface area contributed by atoms with Gasteiger partial charge in [0, 0.05) is 12.6 Å². The van der Waals surface area contributed by atoms with Crippen LogP contribution in [0.2, 0.25) is 0 Å². The van der Waals surface area contributed by atoms with E-state index in [1.165, 1.54) is 0 Å². The second-order valence-electron chi connectivity index (χ2n) is 4.18. The van der Waals surface area contributed by atoms with E-state index in [0.717, 1.165) is 20.0 Å². The van der Waals surface area contributed by atoms with Crippen LogP contribution in [0.5, 0.6) is 0 Å². The molecular formula is C11H10F6N2O2. The van der Waals surface area contributed by atoms with Crippen LogP contribution in [-0.2, 0) is 24.2 Å². The van der Waals surface area contributed by atoms with Gasteiger partial charge in [0.25, 0.3) is 0 Å². The second kappa shape index (κ2) is 5.41. The largest absolute Gasteiger partial charge is 0.481 e. The summed E-state index contributed by atoms with van der Waals surface area (Å²) in [6.07, 6.45) is -10.1. The Hall–Kier alpha value is -2.00. The van der Waals surface area contributed by atoms with Crippen LogP contribution in [0, 0.1) is 0 Å². The number of carboxylic acid groups (broad SMARTS) is 1. The minimum Gasteiger partial charge on any atom is -0.481 e. The van der Waals surface area contributed by atoms with Gasteiger partial charge in [0.15, 0.2) is 5.69 Å². The van der Waals surface area contributed by atoms with Gasteiger partial charge in [-0.15, -0.1) is 0 Å². The molecule has 1 aromatic heterocycles. The predicted octanol–water partition coefficient (Wildman–Crippen LogP) is 3.34. The highest BCUT2D eigenvalue weighted by Crippen LogP contribution is 2.41. The van der Waals surface area contributed by atoms with Crippen molar-refractivity contribution in [1.82, 2.24) is 9.78 Å². The minimum atomic E-state index is -5.09. The number of aryl methyl sites for hydroxylation is 1. The van der Waals surface area contributed by atoms with Gasteiger partial charge in [-0.25, -0.2) is 0 Å². The number of carbonyl (C=O) groups is 1. The number of aromatic nitrogens is 2. The van der Waals surface area contributed by atoms with Crippen LogP contribution < -0.4 is 0 Å². The normalized spacial score (nSPS) is 13.6. The lowest BCUT2D eigenvalue weighted by atomic mass is 10.0. The maximum absolute atomic E-state index is 12.9. The van der Waals surface area contributed by atoms with Gasteiger partial charge >= 0.3 is 18.3 Å². The molecule has 0 spiro atoms. The Morgan fingerprint density at radius 3 is 2.14 bits per heavy atom. The van der Waals surface area contributed by atoms with Crippen molar-refractivity contribution in [3.63, 3.8) is 0 Å². The molecule has 0 fully saturated rings. The van der Waals surface area contributed by atoms with Crippen molar-refractivity contribution in [2.45, 2.75) is 25.7 Å². The van der Waals surface area contributed by atoms with E-state index in [4.69, 9.17) is 5.11 Å². The van der Waals surface area contributed by atoms with Crippen LogP contribution in [0.25, 0.3) is 5.57 Å². The smallest absolute Gasteiger partial charge is 0.435 e. The molecule has 0 atom stereocenters. The van der Waals surface area contributed by atoms with Gasteiger partial charge in [0.1, 0.15) is 5.69 Å². The zero-order chi connectivity index (χ0) is 16.6. The maximum Gasteiger partial charge on any atom is 0.435 e. The summed E-state index contributed by atoms with van der Waals surface area (Å²) in [7, 11) is 0.742. The number of allylic oxidation sites excluding steroid dienone is 1. The lowest BCUT2D eigenvalue weighted by molar-refractivity contribution is -0.144. The van der Waals surface area contributed by atoms with Crippen LogP contribution in [0.1, 0.15) is 30.3 Å². The Labute approximate surface area is 114 Å². The van der Waals surface area contributed by atoms with Crippen LogP contribution in [0.15, 0.2) is 6.08 Å². The number of hydrogen-bond donors (Lipinski definition) is 1. The minimum absolute atomic E-state index is 0.0935. The molecule has 1 N–H and O–H groups in total. The number of rotatable bonds is 3. The number of aliphatic carboxylic acids is 1. The van der Waals surface area contributed by atoms with Crippen LogP contribution in [0.4, 0.5) is 26.3 Å². The highest BCUT2D eigenvalue weighted by molar-refractivity contribution is 5.75. The molecule has 1 aromatic rings. The fraction of sp³-hybridized carbons (Fsp3) is 0.455. The van der Waals surface area contributed by atoms with Crippen molar-refractivity contribution >= 4 is 11.5 Å². The summed E-state index contributed by atoms with van der Waals surface area (Å²) in [6.45, 7) is 0.977. The molecule has 0 amide bonds. The summed E-state index contributed by atoms with van der Waals surface area (Å²) < 4.78 is 77.2. The topological polar surface area (TPSA) is 55.1 Å². The highest BCUT2D eigenvalue weighted by atomic mass is 19.4. The van der Waals surface area contributed by atoms with Crippen molar-refractivity contribution in [2.24, 2.45) is 7.05 Å². The number of alkyl halides is 6. The first-order valence-corrected chi connectivity index (χ1v) is 5.46. The Morgan fingerprint density at radius 1 is 1.24 bits per heavy atom. The molecule has 0 bridgehead atoms. The van der Waals surface area contributed by atoms with Gasteiger partial charge in [-0.3, -0.25) is 9.48 Å². The number of halogens is 6. The molecule has 1 rings (SSSR count). The lowest BCUT2D eigenvalue weighted by Gasteiger charge is -2.11. The summed E-state index contributed by atoms with van der Waals surface area (Å²) in [4.78, 5) is 10.4. The summed E-state index contributed by atoms with van der Waals surface area (Å²) in [6, 6.07) is 0. The Bertz CT molecular complexity index is 583. The number of hydrogen-bond acceptors (Lipinski definition) is 2. The zero-order valence-electron chi connectivity index (χ0n) is 10.8. The van der Waals surface area contributed by atoms with Crippen LogP contribution >= 0.6 is 0 Å². The van der Waals surface area contributed by atoms with Gasteiger partial charge in [-0.05, 0) is 12.5 Å². The summed E-state index contributed by atoms with van der Waals surface area (Å²) >= 11 is 0. The van der Waals surface area contributed by atoms with Crippen molar-refractivity contribution < 1.29 is 36.2 Å². The molecule has 118 valence electrons. The van der Waals surface area contributed by atoms with Gasteiger partial charge in [0.05, 0.1) is 6.42 Å². The monoisotopic (exact) mass is 316 g/mol. The van der Waals surface area contributed by atoms with E-state index in [1.54, 1.807) is 0 Å². The van der Waals surface area contributed by atoms with Gasteiger partial charge in [-0.1, -0.05) is 6.08 Å². The quantitative estimate of drug-likeness (QED) is 0.870. The Balaban J connectivity index is 3.59. The first kappa shape index (κ1) is 17.1. The first-order valence-electron chi connectivity index (χ1n) is 5.46. The molecule has 0 aliphatic rings. The molecular weight excluding hydrogens is 306 g/mol. The fourth-order valence-corrected chi connectivity index (χ4v) is 1.76. The van der Waals surface area contributed by atoms with Gasteiger partial charge in [-0.2, -0.15) is 31.4 Å². The van der Waals surface area contributed by atoms with E-state index >= 15 is 0 Å². The van der Waals surface area contributed by atoms with Crippen molar-refractivity contribution in [2.75, 3.05) is 0 Å². The van der Waals surface area contributed by atoms with Crippen LogP contribution in [-0.4, -0.2) is 20.9 Å². The highest BCUT2D eigenvalue weighted by Gasteiger charge is 2.46. The zero-order valence-corrected chi connectivity index (χ0v) is 10.8. The van der Waals surface area contributed by atoms with E-state index in [2.05, 4.69) is 5.10 Å².